The molecule has 0 spiro atoms. The summed E-state index contributed by atoms with van der Waals surface area (Å²) in [5.74, 6) is 0.212. The molecule has 6 heteroatoms. The van der Waals surface area contributed by atoms with Crippen LogP contribution in [0.4, 0.5) is 4.79 Å². The fraction of sp³-hybridized carbons (Fsp3) is 0.619. The van der Waals surface area contributed by atoms with Crippen LogP contribution >= 0.6 is 0 Å². The van der Waals surface area contributed by atoms with E-state index in [0.29, 0.717) is 32.7 Å². The second kappa shape index (κ2) is 10.9. The molecule has 6 nitrogen and oxygen atoms in total. The van der Waals surface area contributed by atoms with Crippen LogP contribution in [-0.2, 0) is 16.0 Å². The first kappa shape index (κ1) is 21.2. The molecule has 0 unspecified atom stereocenters. The molecular formula is C21H33N3O3. The number of amides is 3. The molecule has 1 heterocycles. The van der Waals surface area contributed by atoms with E-state index < -0.39 is 0 Å². The number of carbonyl (C=O) groups excluding carboxylic acids is 2. The lowest BCUT2D eigenvalue weighted by Crippen LogP contribution is -2.58. The van der Waals surface area contributed by atoms with Gasteiger partial charge in [0.1, 0.15) is 0 Å². The molecule has 0 bridgehead atoms. The van der Waals surface area contributed by atoms with Crippen molar-refractivity contribution in [1.82, 2.24) is 15.5 Å². The Bertz CT molecular complexity index is 584. The lowest BCUT2D eigenvalue weighted by atomic mass is 9.84. The number of nitrogens with zero attached hydrogens (tertiary/aromatic N) is 1. The summed E-state index contributed by atoms with van der Waals surface area (Å²) in [6.45, 7) is 4.45. The third kappa shape index (κ3) is 6.86. The zero-order chi connectivity index (χ0) is 19.5. The van der Waals surface area contributed by atoms with E-state index in [9.17, 15) is 9.59 Å². The van der Waals surface area contributed by atoms with E-state index in [1.54, 1.807) is 7.11 Å². The fourth-order valence-corrected chi connectivity index (χ4v) is 3.61. The van der Waals surface area contributed by atoms with Crippen LogP contribution in [0.15, 0.2) is 30.3 Å². The lowest BCUT2D eigenvalue weighted by molar-refractivity contribution is -0.133. The van der Waals surface area contributed by atoms with Crippen LogP contribution in [0.2, 0.25) is 0 Å². The number of benzene rings is 1. The maximum absolute atomic E-state index is 12.5. The number of urea groups is 1. The monoisotopic (exact) mass is 375 g/mol. The molecule has 1 aromatic rings. The van der Waals surface area contributed by atoms with Crippen LogP contribution in [0.1, 0.15) is 44.6 Å². The van der Waals surface area contributed by atoms with Crippen molar-refractivity contribution in [3.63, 3.8) is 0 Å². The Balaban J connectivity index is 1.81. The molecule has 0 aromatic heterocycles. The number of nitrogens with one attached hydrogen (secondary N) is 2. The Labute approximate surface area is 162 Å². The highest BCUT2D eigenvalue weighted by Gasteiger charge is 2.36. The molecule has 0 radical (unpaired) electrons. The number of ether oxygens (including phenoxy) is 1. The number of aryl methyl sites for hydroxylation is 1. The van der Waals surface area contributed by atoms with Gasteiger partial charge in [-0.3, -0.25) is 4.79 Å². The average Bonchev–Trinajstić information content (AvgIpc) is 2.68. The van der Waals surface area contributed by atoms with Crippen molar-refractivity contribution in [2.75, 3.05) is 33.4 Å². The highest BCUT2D eigenvalue weighted by atomic mass is 16.5. The minimum Gasteiger partial charge on any atom is -0.385 e. The third-order valence-electron chi connectivity index (χ3n) is 5.27. The molecule has 0 atom stereocenters. The van der Waals surface area contributed by atoms with E-state index in [1.165, 1.54) is 5.56 Å². The van der Waals surface area contributed by atoms with E-state index in [-0.39, 0.29) is 17.5 Å². The zero-order valence-electron chi connectivity index (χ0n) is 16.6. The minimum atomic E-state index is -0.296. The number of carbonyl (C=O) groups is 2. The number of likely N-dealkylation sites (tertiary alicyclic amines) is 1. The van der Waals surface area contributed by atoms with Gasteiger partial charge in [-0.2, -0.15) is 0 Å². The van der Waals surface area contributed by atoms with Gasteiger partial charge in [-0.05, 0) is 44.6 Å². The van der Waals surface area contributed by atoms with Gasteiger partial charge in [-0.1, -0.05) is 30.3 Å². The van der Waals surface area contributed by atoms with Gasteiger partial charge in [0.05, 0.1) is 0 Å². The first-order valence-corrected chi connectivity index (χ1v) is 9.95. The van der Waals surface area contributed by atoms with Gasteiger partial charge in [-0.15, -0.1) is 0 Å². The Kier molecular flexibility index (Phi) is 8.58. The van der Waals surface area contributed by atoms with Crippen LogP contribution in [0.5, 0.6) is 0 Å². The van der Waals surface area contributed by atoms with E-state index in [0.717, 1.165) is 32.1 Å². The molecule has 1 aromatic carbocycles. The average molecular weight is 376 g/mol. The van der Waals surface area contributed by atoms with Crippen LogP contribution < -0.4 is 10.6 Å². The van der Waals surface area contributed by atoms with Crippen molar-refractivity contribution in [1.29, 1.82) is 0 Å². The van der Waals surface area contributed by atoms with Gasteiger partial charge < -0.3 is 20.3 Å². The van der Waals surface area contributed by atoms with Crippen molar-refractivity contribution in [3.8, 4) is 0 Å². The number of rotatable bonds is 9. The molecule has 27 heavy (non-hydrogen) atoms. The van der Waals surface area contributed by atoms with Crippen molar-refractivity contribution in [2.24, 2.45) is 0 Å². The highest BCUT2D eigenvalue weighted by Crippen LogP contribution is 2.26. The molecule has 3 amide bonds. The summed E-state index contributed by atoms with van der Waals surface area (Å²) in [5, 5.41) is 5.92. The Morgan fingerprint density at radius 2 is 1.89 bits per heavy atom. The second-order valence-corrected chi connectivity index (χ2v) is 7.23. The minimum absolute atomic E-state index is 0.142. The first-order chi connectivity index (χ1) is 13.1. The van der Waals surface area contributed by atoms with Crippen LogP contribution in [-0.4, -0.2) is 55.7 Å². The van der Waals surface area contributed by atoms with E-state index in [4.69, 9.17) is 4.74 Å². The summed E-state index contributed by atoms with van der Waals surface area (Å²) in [6.07, 6.45) is 4.65. The molecular weight excluding hydrogens is 342 g/mol. The Hall–Kier alpha value is -2.08. The van der Waals surface area contributed by atoms with Crippen LogP contribution in [0.25, 0.3) is 0 Å². The van der Waals surface area contributed by atoms with Crippen LogP contribution in [0, 0.1) is 0 Å². The summed E-state index contributed by atoms with van der Waals surface area (Å²) in [5.41, 5.74) is 0.976. The predicted molar refractivity (Wildman–Crippen MR) is 107 cm³/mol. The predicted octanol–water partition coefficient (Wildman–Crippen LogP) is 2.73. The van der Waals surface area contributed by atoms with E-state index >= 15 is 0 Å². The van der Waals surface area contributed by atoms with Crippen LogP contribution in [0.3, 0.4) is 0 Å². The molecule has 2 rings (SSSR count). The molecule has 1 saturated heterocycles. The fourth-order valence-electron chi connectivity index (χ4n) is 3.61. The second-order valence-electron chi connectivity index (χ2n) is 7.23. The Morgan fingerprint density at radius 3 is 2.52 bits per heavy atom. The standard InChI is InChI=1S/C21H33N3O3/c1-3-22-20(26)23-21(14-17-27-2)12-15-24(16-13-21)19(25)11-7-10-18-8-5-4-6-9-18/h4-6,8-9H,3,7,10-17H2,1-2H3,(H2,22,23,26). The van der Waals surface area contributed by atoms with Gasteiger partial charge in [-0.25, -0.2) is 4.79 Å². The third-order valence-corrected chi connectivity index (χ3v) is 5.27. The molecule has 1 fully saturated rings. The topological polar surface area (TPSA) is 70.7 Å². The summed E-state index contributed by atoms with van der Waals surface area (Å²) >= 11 is 0. The van der Waals surface area contributed by atoms with Crippen molar-refractivity contribution < 1.29 is 14.3 Å². The van der Waals surface area contributed by atoms with Crippen molar-refractivity contribution in [2.45, 2.75) is 51.0 Å². The molecule has 1 aliphatic heterocycles. The smallest absolute Gasteiger partial charge is 0.315 e. The molecule has 1 aliphatic rings. The molecule has 150 valence electrons. The quantitative estimate of drug-likeness (QED) is 0.697. The molecule has 2 N–H and O–H groups in total. The number of hydrogen-bond donors (Lipinski definition) is 2. The van der Waals surface area contributed by atoms with Gasteiger partial charge in [0.25, 0.3) is 0 Å². The highest BCUT2D eigenvalue weighted by molar-refractivity contribution is 5.77. The summed E-state index contributed by atoms with van der Waals surface area (Å²) in [6, 6.07) is 10.1. The van der Waals surface area contributed by atoms with Gasteiger partial charge in [0.2, 0.25) is 5.91 Å². The summed E-state index contributed by atoms with van der Waals surface area (Å²) in [4.78, 5) is 26.5. The van der Waals surface area contributed by atoms with Gasteiger partial charge in [0, 0.05) is 45.3 Å². The van der Waals surface area contributed by atoms with Gasteiger partial charge in [0.15, 0.2) is 0 Å². The van der Waals surface area contributed by atoms with Gasteiger partial charge >= 0.3 is 6.03 Å². The van der Waals surface area contributed by atoms with Crippen molar-refractivity contribution >= 4 is 11.9 Å². The SMILES string of the molecule is CCNC(=O)NC1(CCOC)CCN(C(=O)CCCc2ccccc2)CC1. The molecule has 0 saturated carbocycles. The summed E-state index contributed by atoms with van der Waals surface area (Å²) in [7, 11) is 1.67. The van der Waals surface area contributed by atoms with E-state index in [1.807, 2.05) is 30.0 Å². The number of piperidine rings is 1. The zero-order valence-corrected chi connectivity index (χ0v) is 16.6. The molecule has 0 aliphatic carbocycles. The maximum Gasteiger partial charge on any atom is 0.315 e. The Morgan fingerprint density at radius 1 is 1.19 bits per heavy atom. The maximum atomic E-state index is 12.5. The first-order valence-electron chi connectivity index (χ1n) is 9.95. The van der Waals surface area contributed by atoms with E-state index in [2.05, 4.69) is 22.8 Å². The summed E-state index contributed by atoms with van der Waals surface area (Å²) < 4.78 is 5.23. The van der Waals surface area contributed by atoms with Crippen molar-refractivity contribution in [3.05, 3.63) is 35.9 Å². The normalized spacial score (nSPS) is 16.0. The number of hydrogen-bond acceptors (Lipinski definition) is 3. The number of methoxy groups -OCH3 is 1. The largest absolute Gasteiger partial charge is 0.385 e. The lowest BCUT2D eigenvalue weighted by Gasteiger charge is -2.42.